The van der Waals surface area contributed by atoms with Gasteiger partial charge in [0.1, 0.15) is 5.69 Å². The van der Waals surface area contributed by atoms with Crippen molar-refractivity contribution in [3.8, 4) is 0 Å². The maximum Gasteiger partial charge on any atom is 0.270 e. The highest BCUT2D eigenvalue weighted by atomic mass is 19.2. The average molecular weight is 319 g/mol. The van der Waals surface area contributed by atoms with E-state index in [0.29, 0.717) is 31.9 Å². The second-order valence-electron chi connectivity index (χ2n) is 5.30. The molecular formula is C16H15F2N3O2. The summed E-state index contributed by atoms with van der Waals surface area (Å²) >= 11 is 0. The van der Waals surface area contributed by atoms with Crippen LogP contribution in [0.4, 0.5) is 8.78 Å². The van der Waals surface area contributed by atoms with Gasteiger partial charge in [0, 0.05) is 37.9 Å². The molecule has 1 fully saturated rings. The SMILES string of the molecule is O=C(c1ccc(F)c(F)c1)N1CCN(C(=O)c2ccc[nH]2)CC1. The van der Waals surface area contributed by atoms with Gasteiger partial charge < -0.3 is 14.8 Å². The molecule has 0 unspecified atom stereocenters. The zero-order valence-electron chi connectivity index (χ0n) is 12.3. The molecule has 1 aliphatic heterocycles. The Balaban J connectivity index is 1.63. The van der Waals surface area contributed by atoms with Crippen molar-refractivity contribution in [1.29, 1.82) is 0 Å². The molecule has 5 nitrogen and oxygen atoms in total. The van der Waals surface area contributed by atoms with Gasteiger partial charge in [0.2, 0.25) is 0 Å². The van der Waals surface area contributed by atoms with Crippen molar-refractivity contribution < 1.29 is 18.4 Å². The number of carbonyl (C=O) groups excluding carboxylic acids is 2. The smallest absolute Gasteiger partial charge is 0.270 e. The molecule has 0 aliphatic carbocycles. The van der Waals surface area contributed by atoms with Crippen LogP contribution in [0.3, 0.4) is 0 Å². The first-order valence-corrected chi connectivity index (χ1v) is 7.23. The first-order chi connectivity index (χ1) is 11.1. The number of hydrogen-bond donors (Lipinski definition) is 1. The van der Waals surface area contributed by atoms with Crippen LogP contribution in [0, 0.1) is 11.6 Å². The van der Waals surface area contributed by atoms with E-state index in [1.54, 1.807) is 23.2 Å². The highest BCUT2D eigenvalue weighted by Gasteiger charge is 2.26. The lowest BCUT2D eigenvalue weighted by Gasteiger charge is -2.34. The summed E-state index contributed by atoms with van der Waals surface area (Å²) in [7, 11) is 0. The number of aromatic amines is 1. The van der Waals surface area contributed by atoms with Crippen LogP contribution < -0.4 is 0 Å². The van der Waals surface area contributed by atoms with E-state index in [2.05, 4.69) is 4.98 Å². The summed E-state index contributed by atoms with van der Waals surface area (Å²) in [5.74, 6) is -2.51. The highest BCUT2D eigenvalue weighted by molar-refractivity contribution is 5.95. The molecule has 0 saturated carbocycles. The van der Waals surface area contributed by atoms with Gasteiger partial charge in [0.05, 0.1) is 0 Å². The number of H-pyrrole nitrogens is 1. The first kappa shape index (κ1) is 15.2. The minimum absolute atomic E-state index is 0.105. The molecule has 0 spiro atoms. The molecule has 0 atom stereocenters. The van der Waals surface area contributed by atoms with Crippen LogP contribution in [0.15, 0.2) is 36.5 Å². The molecule has 2 aromatic rings. The second-order valence-corrected chi connectivity index (χ2v) is 5.30. The van der Waals surface area contributed by atoms with Crippen molar-refractivity contribution in [2.45, 2.75) is 0 Å². The molecule has 2 amide bonds. The van der Waals surface area contributed by atoms with Crippen molar-refractivity contribution in [3.05, 3.63) is 59.4 Å². The highest BCUT2D eigenvalue weighted by Crippen LogP contribution is 2.14. The van der Waals surface area contributed by atoms with Gasteiger partial charge in [-0.2, -0.15) is 0 Å². The van der Waals surface area contributed by atoms with Crippen LogP contribution in [0.1, 0.15) is 20.8 Å². The predicted octanol–water partition coefficient (Wildman–Crippen LogP) is 1.89. The van der Waals surface area contributed by atoms with Gasteiger partial charge in [-0.25, -0.2) is 8.78 Å². The fourth-order valence-electron chi connectivity index (χ4n) is 2.56. The molecule has 7 heteroatoms. The number of carbonyl (C=O) groups is 2. The molecule has 1 aromatic carbocycles. The maximum absolute atomic E-state index is 13.2. The lowest BCUT2D eigenvalue weighted by Crippen LogP contribution is -2.50. The summed E-state index contributed by atoms with van der Waals surface area (Å²) in [6.07, 6.45) is 1.68. The minimum atomic E-state index is -1.04. The van der Waals surface area contributed by atoms with Crippen LogP contribution >= 0.6 is 0 Å². The van der Waals surface area contributed by atoms with Gasteiger partial charge in [-0.15, -0.1) is 0 Å². The largest absolute Gasteiger partial charge is 0.357 e. The Hall–Kier alpha value is -2.70. The first-order valence-electron chi connectivity index (χ1n) is 7.23. The molecule has 3 rings (SSSR count). The topological polar surface area (TPSA) is 56.4 Å². The summed E-state index contributed by atoms with van der Waals surface area (Å²) in [6, 6.07) is 6.54. The van der Waals surface area contributed by atoms with E-state index in [4.69, 9.17) is 0 Å². The summed E-state index contributed by atoms with van der Waals surface area (Å²) in [6.45, 7) is 1.50. The average Bonchev–Trinajstić information content (AvgIpc) is 3.11. The zero-order valence-corrected chi connectivity index (χ0v) is 12.3. The van der Waals surface area contributed by atoms with Crippen molar-refractivity contribution in [2.24, 2.45) is 0 Å². The summed E-state index contributed by atoms with van der Waals surface area (Å²) in [4.78, 5) is 30.5. The number of amides is 2. The fourth-order valence-corrected chi connectivity index (χ4v) is 2.56. The van der Waals surface area contributed by atoms with E-state index >= 15 is 0 Å². The minimum Gasteiger partial charge on any atom is -0.357 e. The van der Waals surface area contributed by atoms with E-state index in [1.807, 2.05) is 0 Å². The number of piperazine rings is 1. The van der Waals surface area contributed by atoms with E-state index in [-0.39, 0.29) is 17.4 Å². The van der Waals surface area contributed by atoms with Crippen molar-refractivity contribution in [3.63, 3.8) is 0 Å². The zero-order chi connectivity index (χ0) is 16.4. The van der Waals surface area contributed by atoms with Crippen molar-refractivity contribution in [2.75, 3.05) is 26.2 Å². The van der Waals surface area contributed by atoms with Crippen LogP contribution in [-0.4, -0.2) is 52.8 Å². The van der Waals surface area contributed by atoms with Crippen LogP contribution in [0.25, 0.3) is 0 Å². The molecule has 0 radical (unpaired) electrons. The third-order valence-corrected chi connectivity index (χ3v) is 3.85. The maximum atomic E-state index is 13.2. The summed E-state index contributed by atoms with van der Waals surface area (Å²) < 4.78 is 26.2. The summed E-state index contributed by atoms with van der Waals surface area (Å²) in [5.41, 5.74) is 0.610. The standard InChI is InChI=1S/C16H15F2N3O2/c17-12-4-3-11(10-13(12)18)15(22)20-6-8-21(9-7-20)16(23)14-2-1-5-19-14/h1-5,10,19H,6-9H2. The molecule has 0 bridgehead atoms. The molecule has 1 N–H and O–H groups in total. The van der Waals surface area contributed by atoms with Crippen molar-refractivity contribution >= 4 is 11.8 Å². The number of nitrogens with one attached hydrogen (secondary N) is 1. The second kappa shape index (κ2) is 6.20. The normalized spacial score (nSPS) is 14.9. The van der Waals surface area contributed by atoms with E-state index in [1.165, 1.54) is 11.0 Å². The lowest BCUT2D eigenvalue weighted by molar-refractivity contribution is 0.0532. The van der Waals surface area contributed by atoms with Crippen LogP contribution in [-0.2, 0) is 0 Å². The van der Waals surface area contributed by atoms with Gasteiger partial charge in [0.25, 0.3) is 11.8 Å². The molecule has 120 valence electrons. The quantitative estimate of drug-likeness (QED) is 0.919. The van der Waals surface area contributed by atoms with E-state index in [9.17, 15) is 18.4 Å². The van der Waals surface area contributed by atoms with E-state index < -0.39 is 11.6 Å². The van der Waals surface area contributed by atoms with E-state index in [0.717, 1.165) is 12.1 Å². The van der Waals surface area contributed by atoms with Crippen LogP contribution in [0.2, 0.25) is 0 Å². The fraction of sp³-hybridized carbons (Fsp3) is 0.250. The molecule has 1 saturated heterocycles. The van der Waals surface area contributed by atoms with Gasteiger partial charge >= 0.3 is 0 Å². The molecular weight excluding hydrogens is 304 g/mol. The van der Waals surface area contributed by atoms with Crippen molar-refractivity contribution in [1.82, 2.24) is 14.8 Å². The Morgan fingerprint density at radius 1 is 0.913 bits per heavy atom. The Morgan fingerprint density at radius 3 is 2.13 bits per heavy atom. The molecule has 1 aliphatic rings. The number of halogens is 2. The Bertz CT molecular complexity index is 723. The molecule has 2 heterocycles. The van der Waals surface area contributed by atoms with Gasteiger partial charge in [-0.3, -0.25) is 9.59 Å². The lowest BCUT2D eigenvalue weighted by atomic mass is 10.1. The number of rotatable bonds is 2. The third-order valence-electron chi connectivity index (χ3n) is 3.85. The monoisotopic (exact) mass is 319 g/mol. The number of nitrogens with zero attached hydrogens (tertiary/aromatic N) is 2. The van der Waals surface area contributed by atoms with Gasteiger partial charge in [-0.1, -0.05) is 0 Å². The Kier molecular flexibility index (Phi) is 4.10. The predicted molar refractivity (Wildman–Crippen MR) is 79.0 cm³/mol. The van der Waals surface area contributed by atoms with Gasteiger partial charge in [0.15, 0.2) is 11.6 Å². The number of benzene rings is 1. The number of hydrogen-bond acceptors (Lipinski definition) is 2. The molecule has 1 aromatic heterocycles. The number of aromatic nitrogens is 1. The Labute approximate surface area is 131 Å². The van der Waals surface area contributed by atoms with Crippen LogP contribution in [0.5, 0.6) is 0 Å². The Morgan fingerprint density at radius 2 is 1.57 bits per heavy atom. The third kappa shape index (κ3) is 3.08. The van der Waals surface area contributed by atoms with Gasteiger partial charge in [-0.05, 0) is 30.3 Å². The molecule has 23 heavy (non-hydrogen) atoms. The summed E-state index contributed by atoms with van der Waals surface area (Å²) in [5, 5.41) is 0.